The smallest absolute Gasteiger partial charge is 0.209 e. The second-order valence-corrected chi connectivity index (χ2v) is 6.20. The first-order valence-corrected chi connectivity index (χ1v) is 7.59. The van der Waals surface area contributed by atoms with Crippen molar-refractivity contribution in [1.82, 2.24) is 5.32 Å². The molecular formula is C12H18N2O2S. The number of hydrogen-bond acceptors (Lipinski definition) is 3. The molecule has 1 aromatic carbocycles. The van der Waals surface area contributed by atoms with Gasteiger partial charge in [0.2, 0.25) is 10.0 Å². The molecule has 94 valence electrons. The van der Waals surface area contributed by atoms with Gasteiger partial charge in [0.1, 0.15) is 0 Å². The SMILES string of the molecule is NS(=O)(=O)CCCNC1CCc2ccccc21. The Balaban J connectivity index is 1.82. The lowest BCUT2D eigenvalue weighted by molar-refractivity contribution is 0.526. The molecule has 2 rings (SSSR count). The van der Waals surface area contributed by atoms with Gasteiger partial charge in [0.05, 0.1) is 5.75 Å². The number of nitrogens with two attached hydrogens (primary N) is 1. The molecule has 17 heavy (non-hydrogen) atoms. The van der Waals surface area contributed by atoms with Gasteiger partial charge in [-0.05, 0) is 36.9 Å². The fraction of sp³-hybridized carbons (Fsp3) is 0.500. The van der Waals surface area contributed by atoms with E-state index in [1.807, 2.05) is 6.07 Å². The number of hydrogen-bond donors (Lipinski definition) is 2. The van der Waals surface area contributed by atoms with Crippen LogP contribution in [0.5, 0.6) is 0 Å². The number of aryl methyl sites for hydroxylation is 1. The van der Waals surface area contributed by atoms with E-state index in [0.29, 0.717) is 19.0 Å². The first-order chi connectivity index (χ1) is 8.06. The van der Waals surface area contributed by atoms with Crippen LogP contribution < -0.4 is 10.5 Å². The zero-order valence-corrected chi connectivity index (χ0v) is 10.5. The maximum Gasteiger partial charge on any atom is 0.209 e. The summed E-state index contributed by atoms with van der Waals surface area (Å²) in [5.74, 6) is 0.0500. The number of sulfonamides is 1. The summed E-state index contributed by atoms with van der Waals surface area (Å²) in [6.07, 6.45) is 2.76. The average Bonchev–Trinajstić information content (AvgIpc) is 2.67. The molecule has 0 bridgehead atoms. The Labute approximate surface area is 102 Å². The molecule has 5 heteroatoms. The summed E-state index contributed by atoms with van der Waals surface area (Å²) >= 11 is 0. The van der Waals surface area contributed by atoms with Crippen LogP contribution in [0.25, 0.3) is 0 Å². The topological polar surface area (TPSA) is 72.2 Å². The first kappa shape index (κ1) is 12.5. The summed E-state index contributed by atoms with van der Waals surface area (Å²) in [6.45, 7) is 0.690. The lowest BCUT2D eigenvalue weighted by Gasteiger charge is -2.13. The highest BCUT2D eigenvalue weighted by molar-refractivity contribution is 7.89. The van der Waals surface area contributed by atoms with Crippen molar-refractivity contribution in [3.63, 3.8) is 0 Å². The minimum Gasteiger partial charge on any atom is -0.310 e. The van der Waals surface area contributed by atoms with Crippen molar-refractivity contribution in [3.05, 3.63) is 35.4 Å². The molecule has 1 aliphatic rings. The molecule has 0 aromatic heterocycles. The predicted octanol–water partition coefficient (Wildman–Crippen LogP) is 0.942. The van der Waals surface area contributed by atoms with Crippen molar-refractivity contribution < 1.29 is 8.42 Å². The molecule has 0 spiro atoms. The summed E-state index contributed by atoms with van der Waals surface area (Å²) in [5.41, 5.74) is 2.75. The Morgan fingerprint density at radius 1 is 1.35 bits per heavy atom. The minimum absolute atomic E-state index is 0.0500. The Hall–Kier alpha value is -0.910. The fourth-order valence-electron chi connectivity index (χ4n) is 2.32. The van der Waals surface area contributed by atoms with Gasteiger partial charge in [0.25, 0.3) is 0 Å². The molecule has 0 saturated carbocycles. The Morgan fingerprint density at radius 3 is 2.88 bits per heavy atom. The number of fused-ring (bicyclic) bond motifs is 1. The third-order valence-electron chi connectivity index (χ3n) is 3.13. The van der Waals surface area contributed by atoms with E-state index in [0.717, 1.165) is 12.8 Å². The van der Waals surface area contributed by atoms with Gasteiger partial charge in [-0.15, -0.1) is 0 Å². The maximum absolute atomic E-state index is 10.8. The van der Waals surface area contributed by atoms with E-state index in [4.69, 9.17) is 5.14 Å². The molecule has 4 nitrogen and oxygen atoms in total. The highest BCUT2D eigenvalue weighted by atomic mass is 32.2. The van der Waals surface area contributed by atoms with Crippen LogP contribution in [0.4, 0.5) is 0 Å². The third-order valence-corrected chi connectivity index (χ3v) is 3.99. The van der Waals surface area contributed by atoms with Crippen LogP contribution in [0.15, 0.2) is 24.3 Å². The second-order valence-electron chi connectivity index (χ2n) is 4.46. The van der Waals surface area contributed by atoms with Crippen molar-refractivity contribution in [2.75, 3.05) is 12.3 Å². The van der Waals surface area contributed by atoms with Crippen LogP contribution in [-0.4, -0.2) is 20.7 Å². The standard InChI is InChI=1S/C12H18N2O2S/c13-17(15,16)9-3-8-14-12-7-6-10-4-1-2-5-11(10)12/h1-2,4-5,12,14H,3,6-9H2,(H2,13,15,16). The van der Waals surface area contributed by atoms with Gasteiger partial charge in [0.15, 0.2) is 0 Å². The number of nitrogens with one attached hydrogen (secondary N) is 1. The molecule has 0 amide bonds. The van der Waals surface area contributed by atoms with Gasteiger partial charge in [-0.1, -0.05) is 24.3 Å². The largest absolute Gasteiger partial charge is 0.310 e. The van der Waals surface area contributed by atoms with Crippen LogP contribution >= 0.6 is 0 Å². The van der Waals surface area contributed by atoms with Gasteiger partial charge >= 0.3 is 0 Å². The molecule has 1 aliphatic carbocycles. The molecule has 3 N–H and O–H groups in total. The van der Waals surface area contributed by atoms with E-state index in [1.54, 1.807) is 0 Å². The van der Waals surface area contributed by atoms with Crippen LogP contribution in [0.1, 0.15) is 30.0 Å². The molecule has 1 unspecified atom stereocenters. The van der Waals surface area contributed by atoms with Gasteiger partial charge in [-0.3, -0.25) is 0 Å². The van der Waals surface area contributed by atoms with Crippen LogP contribution in [0, 0.1) is 0 Å². The molecule has 0 fully saturated rings. The minimum atomic E-state index is -3.32. The van der Waals surface area contributed by atoms with Crippen molar-refractivity contribution >= 4 is 10.0 Å². The predicted molar refractivity (Wildman–Crippen MR) is 68.1 cm³/mol. The third kappa shape index (κ3) is 3.52. The van der Waals surface area contributed by atoms with Gasteiger partial charge < -0.3 is 5.32 Å². The monoisotopic (exact) mass is 254 g/mol. The molecule has 1 atom stereocenters. The molecular weight excluding hydrogens is 236 g/mol. The van der Waals surface area contributed by atoms with Crippen molar-refractivity contribution in [1.29, 1.82) is 0 Å². The van der Waals surface area contributed by atoms with E-state index >= 15 is 0 Å². The van der Waals surface area contributed by atoms with Crippen molar-refractivity contribution in [2.24, 2.45) is 5.14 Å². The van der Waals surface area contributed by atoms with Crippen molar-refractivity contribution in [2.45, 2.75) is 25.3 Å². The Bertz CT molecular complexity index is 485. The van der Waals surface area contributed by atoms with Crippen LogP contribution in [-0.2, 0) is 16.4 Å². The highest BCUT2D eigenvalue weighted by Gasteiger charge is 2.20. The van der Waals surface area contributed by atoms with Crippen LogP contribution in [0.2, 0.25) is 0 Å². The van der Waals surface area contributed by atoms with Gasteiger partial charge in [-0.2, -0.15) is 0 Å². The van der Waals surface area contributed by atoms with Crippen LogP contribution in [0.3, 0.4) is 0 Å². The molecule has 1 aromatic rings. The molecule has 0 heterocycles. The normalized spacial score (nSPS) is 19.2. The fourth-order valence-corrected chi connectivity index (χ4v) is 2.87. The number of primary sulfonamides is 1. The lowest BCUT2D eigenvalue weighted by Crippen LogP contribution is -2.24. The van der Waals surface area contributed by atoms with Gasteiger partial charge in [-0.25, -0.2) is 13.6 Å². The Morgan fingerprint density at radius 2 is 2.12 bits per heavy atom. The van der Waals surface area contributed by atoms with E-state index in [1.165, 1.54) is 11.1 Å². The molecule has 0 saturated heterocycles. The van der Waals surface area contributed by atoms with Crippen molar-refractivity contribution in [3.8, 4) is 0 Å². The lowest BCUT2D eigenvalue weighted by atomic mass is 10.1. The average molecular weight is 254 g/mol. The quantitative estimate of drug-likeness (QED) is 0.768. The summed E-state index contributed by atoms with van der Waals surface area (Å²) in [7, 11) is -3.32. The van der Waals surface area contributed by atoms with Gasteiger partial charge in [0, 0.05) is 6.04 Å². The molecule has 0 aliphatic heterocycles. The summed E-state index contributed by atoms with van der Waals surface area (Å²) < 4.78 is 21.6. The zero-order valence-electron chi connectivity index (χ0n) is 9.72. The van der Waals surface area contributed by atoms with E-state index in [2.05, 4.69) is 23.5 Å². The second kappa shape index (κ2) is 5.16. The molecule has 0 radical (unpaired) electrons. The first-order valence-electron chi connectivity index (χ1n) is 5.88. The number of benzene rings is 1. The summed E-state index contributed by atoms with van der Waals surface area (Å²) in [5, 5.41) is 8.34. The Kier molecular flexibility index (Phi) is 3.81. The summed E-state index contributed by atoms with van der Waals surface area (Å²) in [6, 6.07) is 8.76. The number of rotatable bonds is 5. The maximum atomic E-state index is 10.8. The van der Waals surface area contributed by atoms with E-state index in [9.17, 15) is 8.42 Å². The van der Waals surface area contributed by atoms with E-state index < -0.39 is 10.0 Å². The zero-order chi connectivity index (χ0) is 12.3. The van der Waals surface area contributed by atoms with E-state index in [-0.39, 0.29) is 5.75 Å². The highest BCUT2D eigenvalue weighted by Crippen LogP contribution is 2.30. The summed E-state index contributed by atoms with van der Waals surface area (Å²) in [4.78, 5) is 0.